The molecular weight excluding hydrogens is 280 g/mol. The number of carboxylic acids is 1. The van der Waals surface area contributed by atoms with E-state index in [1.54, 1.807) is 13.8 Å². The third-order valence-corrected chi connectivity index (χ3v) is 5.54. The van der Waals surface area contributed by atoms with Crippen LogP contribution < -0.4 is 0 Å². The summed E-state index contributed by atoms with van der Waals surface area (Å²) in [6.07, 6.45) is 1.32. The Balaban J connectivity index is 2.41. The zero-order chi connectivity index (χ0) is 14.9. The summed E-state index contributed by atoms with van der Waals surface area (Å²) in [5.74, 6) is -1.21. The molecule has 1 heterocycles. The summed E-state index contributed by atoms with van der Waals surface area (Å²) in [4.78, 5) is 11.2. The lowest BCUT2D eigenvalue weighted by atomic mass is 10.1. The Morgan fingerprint density at radius 3 is 2.65 bits per heavy atom. The average Bonchev–Trinajstić information content (AvgIpc) is 2.83. The summed E-state index contributed by atoms with van der Waals surface area (Å²) in [6, 6.07) is 2.73. The van der Waals surface area contributed by atoms with E-state index in [1.165, 1.54) is 12.1 Å². The first-order chi connectivity index (χ1) is 9.31. The van der Waals surface area contributed by atoms with Gasteiger partial charge < -0.3 is 9.84 Å². The minimum Gasteiger partial charge on any atom is -0.478 e. The molecule has 1 saturated heterocycles. The molecule has 1 aromatic carbocycles. The van der Waals surface area contributed by atoms with Gasteiger partial charge >= 0.3 is 5.97 Å². The second kappa shape index (κ2) is 5.54. The SMILES string of the molecule is Cc1cc(C(=O)O)cc(S(=O)(=O)CC2CCCO2)c1C. The lowest BCUT2D eigenvalue weighted by molar-refractivity contribution is 0.0696. The number of carbonyl (C=O) groups is 1. The number of rotatable bonds is 4. The molecule has 1 aromatic rings. The van der Waals surface area contributed by atoms with Crippen molar-refractivity contribution in [3.05, 3.63) is 28.8 Å². The maximum Gasteiger partial charge on any atom is 0.335 e. The van der Waals surface area contributed by atoms with Gasteiger partial charge in [0, 0.05) is 6.61 Å². The number of carboxylic acid groups (broad SMARTS) is 1. The molecule has 0 aromatic heterocycles. The molecule has 0 radical (unpaired) electrons. The Hall–Kier alpha value is -1.40. The quantitative estimate of drug-likeness (QED) is 0.919. The molecule has 0 aliphatic carbocycles. The molecular formula is C14H18O5S. The van der Waals surface area contributed by atoms with E-state index in [-0.39, 0.29) is 22.3 Å². The van der Waals surface area contributed by atoms with Gasteiger partial charge in [0.05, 0.1) is 22.3 Å². The van der Waals surface area contributed by atoms with Crippen LogP contribution in [0.25, 0.3) is 0 Å². The van der Waals surface area contributed by atoms with E-state index >= 15 is 0 Å². The first-order valence-corrected chi connectivity index (χ1v) is 8.15. The number of ether oxygens (including phenoxy) is 1. The molecule has 1 unspecified atom stereocenters. The monoisotopic (exact) mass is 298 g/mol. The Bertz CT molecular complexity index is 627. The van der Waals surface area contributed by atoms with Crippen molar-refractivity contribution in [3.8, 4) is 0 Å². The van der Waals surface area contributed by atoms with E-state index in [0.717, 1.165) is 12.8 Å². The third kappa shape index (κ3) is 3.02. The van der Waals surface area contributed by atoms with E-state index < -0.39 is 15.8 Å². The Labute approximate surface area is 118 Å². The predicted octanol–water partition coefficient (Wildman–Crippen LogP) is 1.95. The second-order valence-electron chi connectivity index (χ2n) is 5.14. The fraction of sp³-hybridized carbons (Fsp3) is 0.500. The first-order valence-electron chi connectivity index (χ1n) is 6.50. The van der Waals surface area contributed by atoms with Crippen LogP contribution in [-0.2, 0) is 14.6 Å². The van der Waals surface area contributed by atoms with Crippen LogP contribution in [0.3, 0.4) is 0 Å². The van der Waals surface area contributed by atoms with E-state index in [1.807, 2.05) is 0 Å². The van der Waals surface area contributed by atoms with Crippen LogP contribution in [-0.4, -0.2) is 38.0 Å². The summed E-state index contributed by atoms with van der Waals surface area (Å²) in [6.45, 7) is 4.00. The standard InChI is InChI=1S/C14H18O5S/c1-9-6-11(14(15)16)7-13(10(9)2)20(17,18)8-12-4-3-5-19-12/h6-7,12H,3-5,8H2,1-2H3,(H,15,16). The number of sulfone groups is 1. The highest BCUT2D eigenvalue weighted by atomic mass is 32.2. The molecule has 1 aliphatic rings. The number of aryl methyl sites for hydroxylation is 1. The maximum absolute atomic E-state index is 12.5. The summed E-state index contributed by atoms with van der Waals surface area (Å²) < 4.78 is 30.3. The second-order valence-corrected chi connectivity index (χ2v) is 7.14. The smallest absolute Gasteiger partial charge is 0.335 e. The van der Waals surface area contributed by atoms with Gasteiger partial charge in [-0.05, 0) is 49.9 Å². The summed E-state index contributed by atoms with van der Waals surface area (Å²) >= 11 is 0. The molecule has 1 aliphatic heterocycles. The minimum absolute atomic E-state index is 0.000912. The van der Waals surface area contributed by atoms with Crippen molar-refractivity contribution in [2.24, 2.45) is 0 Å². The highest BCUT2D eigenvalue weighted by Gasteiger charge is 2.27. The number of benzene rings is 1. The zero-order valence-electron chi connectivity index (χ0n) is 11.5. The predicted molar refractivity (Wildman–Crippen MR) is 73.9 cm³/mol. The molecule has 5 nitrogen and oxygen atoms in total. The van der Waals surface area contributed by atoms with E-state index in [9.17, 15) is 13.2 Å². The number of aromatic carboxylic acids is 1. The number of hydrogen-bond acceptors (Lipinski definition) is 4. The molecule has 0 amide bonds. The Morgan fingerprint density at radius 1 is 1.40 bits per heavy atom. The summed E-state index contributed by atoms with van der Waals surface area (Å²) in [5.41, 5.74) is 1.27. The number of hydrogen-bond donors (Lipinski definition) is 1. The van der Waals surface area contributed by atoms with Crippen molar-refractivity contribution in [1.29, 1.82) is 0 Å². The van der Waals surface area contributed by atoms with Crippen LogP contribution in [0.15, 0.2) is 17.0 Å². The third-order valence-electron chi connectivity index (χ3n) is 3.63. The van der Waals surface area contributed by atoms with Crippen LogP contribution in [0.2, 0.25) is 0 Å². The highest BCUT2D eigenvalue weighted by Crippen LogP contribution is 2.25. The zero-order valence-corrected chi connectivity index (χ0v) is 12.4. The molecule has 2 rings (SSSR count). The maximum atomic E-state index is 12.5. The van der Waals surface area contributed by atoms with E-state index in [4.69, 9.17) is 9.84 Å². The summed E-state index contributed by atoms with van der Waals surface area (Å²) in [7, 11) is -3.54. The molecule has 0 spiro atoms. The molecule has 1 fully saturated rings. The van der Waals surface area contributed by atoms with E-state index in [0.29, 0.717) is 17.7 Å². The van der Waals surface area contributed by atoms with Crippen LogP contribution in [0.5, 0.6) is 0 Å². The van der Waals surface area contributed by atoms with Gasteiger partial charge in [0.2, 0.25) is 0 Å². The van der Waals surface area contributed by atoms with Crippen molar-refractivity contribution < 1.29 is 23.1 Å². The van der Waals surface area contributed by atoms with Gasteiger partial charge in [-0.15, -0.1) is 0 Å². The molecule has 0 bridgehead atoms. The van der Waals surface area contributed by atoms with Gasteiger partial charge in [-0.1, -0.05) is 0 Å². The average molecular weight is 298 g/mol. The molecule has 6 heteroatoms. The highest BCUT2D eigenvalue weighted by molar-refractivity contribution is 7.91. The first kappa shape index (κ1) is 15.0. The molecule has 20 heavy (non-hydrogen) atoms. The molecule has 1 N–H and O–H groups in total. The van der Waals surface area contributed by atoms with Crippen LogP contribution in [0.1, 0.15) is 34.3 Å². The van der Waals surface area contributed by atoms with Gasteiger partial charge in [0.15, 0.2) is 9.84 Å². The van der Waals surface area contributed by atoms with Crippen molar-refractivity contribution in [2.45, 2.75) is 37.7 Å². The molecule has 1 atom stereocenters. The van der Waals surface area contributed by atoms with Crippen LogP contribution in [0, 0.1) is 13.8 Å². The fourth-order valence-electron chi connectivity index (χ4n) is 2.38. The van der Waals surface area contributed by atoms with Crippen LogP contribution in [0.4, 0.5) is 0 Å². The van der Waals surface area contributed by atoms with Crippen molar-refractivity contribution in [2.75, 3.05) is 12.4 Å². The largest absolute Gasteiger partial charge is 0.478 e. The Morgan fingerprint density at radius 2 is 2.10 bits per heavy atom. The normalized spacial score (nSPS) is 19.2. The minimum atomic E-state index is -3.54. The lowest BCUT2D eigenvalue weighted by Gasteiger charge is -2.14. The lowest BCUT2D eigenvalue weighted by Crippen LogP contribution is -2.21. The van der Waals surface area contributed by atoms with Crippen molar-refractivity contribution in [1.82, 2.24) is 0 Å². The summed E-state index contributed by atoms with van der Waals surface area (Å²) in [5, 5.41) is 9.06. The van der Waals surface area contributed by atoms with Gasteiger partial charge in [-0.25, -0.2) is 13.2 Å². The van der Waals surface area contributed by atoms with Crippen molar-refractivity contribution in [3.63, 3.8) is 0 Å². The van der Waals surface area contributed by atoms with Gasteiger partial charge in [0.25, 0.3) is 0 Å². The van der Waals surface area contributed by atoms with Gasteiger partial charge in [-0.2, -0.15) is 0 Å². The molecule has 110 valence electrons. The molecule has 0 saturated carbocycles. The van der Waals surface area contributed by atoms with Gasteiger partial charge in [-0.3, -0.25) is 0 Å². The van der Waals surface area contributed by atoms with Crippen LogP contribution >= 0.6 is 0 Å². The topological polar surface area (TPSA) is 80.7 Å². The van der Waals surface area contributed by atoms with Crippen molar-refractivity contribution >= 4 is 15.8 Å². The van der Waals surface area contributed by atoms with Gasteiger partial charge in [0.1, 0.15) is 0 Å². The van der Waals surface area contributed by atoms with E-state index in [2.05, 4.69) is 0 Å². The Kier molecular flexibility index (Phi) is 4.15. The fourth-order valence-corrected chi connectivity index (χ4v) is 4.25.